The minimum absolute atomic E-state index is 0.286. The van der Waals surface area contributed by atoms with E-state index in [9.17, 15) is 0 Å². The summed E-state index contributed by atoms with van der Waals surface area (Å²) in [7, 11) is 0. The molecule has 8 heteroatoms. The molecule has 0 amide bonds. The normalized spacial score (nSPS) is 22.3. The molecule has 2 aliphatic heterocycles. The Kier molecular flexibility index (Phi) is 4.26. The third kappa shape index (κ3) is 3.09. The lowest BCUT2D eigenvalue weighted by Crippen LogP contribution is -2.23. The standard InChI is InChI=1S/C15H21ClN6S/c1-10-17-14(20-19-10)11-5-4-8-22(11)9-12-13(16)18-15(23-12)21-6-2-3-7-21/h11H,2-9H2,1H3,(H,17,19,20)/t11-/m1/s1. The minimum Gasteiger partial charge on any atom is -0.348 e. The zero-order valence-corrected chi connectivity index (χ0v) is 14.8. The molecule has 6 nitrogen and oxygen atoms in total. The van der Waals surface area contributed by atoms with Crippen LogP contribution in [-0.4, -0.2) is 44.7 Å². The van der Waals surface area contributed by atoms with Gasteiger partial charge in [0.15, 0.2) is 11.0 Å². The highest BCUT2D eigenvalue weighted by molar-refractivity contribution is 7.16. The second-order valence-electron chi connectivity index (χ2n) is 6.31. The predicted octanol–water partition coefficient (Wildman–Crippen LogP) is 3.16. The monoisotopic (exact) mass is 352 g/mol. The van der Waals surface area contributed by atoms with Crippen LogP contribution in [0.5, 0.6) is 0 Å². The highest BCUT2D eigenvalue weighted by Gasteiger charge is 2.30. The number of hydrogen-bond donors (Lipinski definition) is 1. The van der Waals surface area contributed by atoms with Gasteiger partial charge in [-0.2, -0.15) is 5.10 Å². The van der Waals surface area contributed by atoms with Crippen molar-refractivity contribution in [1.29, 1.82) is 0 Å². The van der Waals surface area contributed by atoms with Gasteiger partial charge in [-0.3, -0.25) is 10.00 Å². The third-order valence-corrected chi connectivity index (χ3v) is 6.16. The summed E-state index contributed by atoms with van der Waals surface area (Å²) in [5.41, 5.74) is 0. The molecule has 2 fully saturated rings. The number of aryl methyl sites for hydroxylation is 1. The zero-order chi connectivity index (χ0) is 15.8. The molecular weight excluding hydrogens is 332 g/mol. The van der Waals surface area contributed by atoms with Gasteiger partial charge in [0.2, 0.25) is 0 Å². The van der Waals surface area contributed by atoms with E-state index in [2.05, 4.69) is 30.0 Å². The Bertz CT molecular complexity index is 677. The molecule has 1 N–H and O–H groups in total. The summed E-state index contributed by atoms with van der Waals surface area (Å²) in [6, 6.07) is 0.286. The number of thiazole rings is 1. The van der Waals surface area contributed by atoms with E-state index in [1.165, 1.54) is 19.3 Å². The molecule has 0 saturated carbocycles. The zero-order valence-electron chi connectivity index (χ0n) is 13.3. The Morgan fingerprint density at radius 1 is 1.22 bits per heavy atom. The van der Waals surface area contributed by atoms with Gasteiger partial charge in [0, 0.05) is 19.6 Å². The van der Waals surface area contributed by atoms with E-state index in [0.29, 0.717) is 5.15 Å². The summed E-state index contributed by atoms with van der Waals surface area (Å²) < 4.78 is 0. The summed E-state index contributed by atoms with van der Waals surface area (Å²) in [4.78, 5) is 15.0. The molecule has 0 radical (unpaired) electrons. The van der Waals surface area contributed by atoms with Crippen LogP contribution in [0.15, 0.2) is 0 Å². The molecule has 2 saturated heterocycles. The van der Waals surface area contributed by atoms with Crippen LogP contribution in [0.1, 0.15) is 48.3 Å². The highest BCUT2D eigenvalue weighted by atomic mass is 35.5. The maximum absolute atomic E-state index is 6.41. The maximum atomic E-state index is 6.41. The number of H-pyrrole nitrogens is 1. The van der Waals surface area contributed by atoms with Crippen molar-refractivity contribution in [3.63, 3.8) is 0 Å². The quantitative estimate of drug-likeness (QED) is 0.915. The van der Waals surface area contributed by atoms with Gasteiger partial charge in [-0.25, -0.2) is 9.97 Å². The average molecular weight is 353 g/mol. The van der Waals surface area contributed by atoms with E-state index in [-0.39, 0.29) is 6.04 Å². The predicted molar refractivity (Wildman–Crippen MR) is 92.1 cm³/mol. The number of aromatic amines is 1. The lowest BCUT2D eigenvalue weighted by atomic mass is 10.2. The maximum Gasteiger partial charge on any atom is 0.187 e. The molecule has 0 spiro atoms. The van der Waals surface area contributed by atoms with Gasteiger partial charge in [0.1, 0.15) is 11.0 Å². The lowest BCUT2D eigenvalue weighted by Gasteiger charge is -2.21. The largest absolute Gasteiger partial charge is 0.348 e. The fourth-order valence-corrected chi connectivity index (χ4v) is 4.80. The molecule has 2 aliphatic rings. The minimum atomic E-state index is 0.286. The average Bonchev–Trinajstić information content (AvgIpc) is 3.28. The van der Waals surface area contributed by atoms with Crippen molar-refractivity contribution in [3.05, 3.63) is 21.7 Å². The molecule has 23 heavy (non-hydrogen) atoms. The van der Waals surface area contributed by atoms with Crippen molar-refractivity contribution in [2.24, 2.45) is 0 Å². The van der Waals surface area contributed by atoms with Gasteiger partial charge in [-0.1, -0.05) is 22.9 Å². The summed E-state index contributed by atoms with van der Waals surface area (Å²) in [6.07, 6.45) is 4.79. The molecule has 1 atom stereocenters. The van der Waals surface area contributed by atoms with Crippen molar-refractivity contribution in [2.45, 2.75) is 45.2 Å². The summed E-state index contributed by atoms with van der Waals surface area (Å²) >= 11 is 8.15. The Morgan fingerprint density at radius 3 is 2.78 bits per heavy atom. The lowest BCUT2D eigenvalue weighted by molar-refractivity contribution is 0.242. The number of nitrogens with zero attached hydrogens (tertiary/aromatic N) is 5. The van der Waals surface area contributed by atoms with Gasteiger partial charge in [-0.05, 0) is 39.2 Å². The first-order chi connectivity index (χ1) is 11.2. The van der Waals surface area contributed by atoms with Crippen LogP contribution in [0.25, 0.3) is 0 Å². The van der Waals surface area contributed by atoms with Gasteiger partial charge in [-0.15, -0.1) is 0 Å². The van der Waals surface area contributed by atoms with Crippen molar-refractivity contribution < 1.29 is 0 Å². The molecule has 0 aromatic carbocycles. The molecule has 0 bridgehead atoms. The first-order valence-corrected chi connectivity index (χ1v) is 9.43. The second kappa shape index (κ2) is 6.37. The molecule has 4 heterocycles. The molecule has 2 aromatic rings. The number of rotatable bonds is 4. The fourth-order valence-electron chi connectivity index (χ4n) is 3.46. The van der Waals surface area contributed by atoms with Crippen LogP contribution in [0.3, 0.4) is 0 Å². The summed E-state index contributed by atoms with van der Waals surface area (Å²) in [5, 5.41) is 9.04. The van der Waals surface area contributed by atoms with Crippen LogP contribution in [0.2, 0.25) is 5.15 Å². The van der Waals surface area contributed by atoms with Crippen LogP contribution in [0, 0.1) is 6.92 Å². The Morgan fingerprint density at radius 2 is 2.04 bits per heavy atom. The van der Waals surface area contributed by atoms with E-state index < -0.39 is 0 Å². The molecule has 2 aromatic heterocycles. The van der Waals surface area contributed by atoms with Crippen molar-refractivity contribution in [1.82, 2.24) is 25.1 Å². The third-order valence-electron chi connectivity index (χ3n) is 4.64. The van der Waals surface area contributed by atoms with Crippen molar-refractivity contribution in [3.8, 4) is 0 Å². The molecule has 0 unspecified atom stereocenters. The number of aromatic nitrogens is 4. The smallest absolute Gasteiger partial charge is 0.187 e. The number of anilines is 1. The van der Waals surface area contributed by atoms with E-state index in [1.54, 1.807) is 11.3 Å². The van der Waals surface area contributed by atoms with Gasteiger partial charge in [0.05, 0.1) is 10.9 Å². The Hall–Kier alpha value is -1.18. The van der Waals surface area contributed by atoms with Gasteiger partial charge >= 0.3 is 0 Å². The number of likely N-dealkylation sites (tertiary alicyclic amines) is 1. The molecule has 4 rings (SSSR count). The van der Waals surface area contributed by atoms with E-state index >= 15 is 0 Å². The Balaban J connectivity index is 1.50. The molecule has 0 aliphatic carbocycles. The Labute approximate surface area is 144 Å². The SMILES string of the molecule is Cc1nc([C@H]2CCCN2Cc2sc(N3CCCC3)nc2Cl)n[nH]1. The van der Waals surface area contributed by atoms with Crippen molar-refractivity contribution in [2.75, 3.05) is 24.5 Å². The summed E-state index contributed by atoms with van der Waals surface area (Å²) in [6.45, 7) is 6.05. The number of halogens is 1. The van der Waals surface area contributed by atoms with E-state index in [0.717, 1.165) is 54.3 Å². The molecular formula is C15H21ClN6S. The van der Waals surface area contributed by atoms with E-state index in [1.807, 2.05) is 6.92 Å². The first-order valence-electron chi connectivity index (χ1n) is 8.24. The van der Waals surface area contributed by atoms with E-state index in [4.69, 9.17) is 11.6 Å². The summed E-state index contributed by atoms with van der Waals surface area (Å²) in [5.74, 6) is 1.78. The second-order valence-corrected chi connectivity index (χ2v) is 7.73. The topological polar surface area (TPSA) is 60.9 Å². The van der Waals surface area contributed by atoms with Gasteiger partial charge < -0.3 is 4.90 Å². The van der Waals surface area contributed by atoms with Crippen LogP contribution in [0.4, 0.5) is 5.13 Å². The van der Waals surface area contributed by atoms with Crippen molar-refractivity contribution >= 4 is 28.1 Å². The number of hydrogen-bond acceptors (Lipinski definition) is 6. The first kappa shape index (κ1) is 15.4. The van der Waals surface area contributed by atoms with Crippen LogP contribution >= 0.6 is 22.9 Å². The molecule has 124 valence electrons. The number of nitrogens with one attached hydrogen (secondary N) is 1. The van der Waals surface area contributed by atoms with Gasteiger partial charge in [0.25, 0.3) is 0 Å². The highest BCUT2D eigenvalue weighted by Crippen LogP contribution is 2.36. The fraction of sp³-hybridized carbons (Fsp3) is 0.667. The van der Waals surface area contributed by atoms with Crippen LogP contribution in [-0.2, 0) is 6.54 Å². The van der Waals surface area contributed by atoms with Crippen LogP contribution < -0.4 is 4.90 Å².